The zero-order valence-corrected chi connectivity index (χ0v) is 23.4. The van der Waals surface area contributed by atoms with Crippen molar-refractivity contribution in [2.45, 2.75) is 0 Å². The molecule has 43 heavy (non-hydrogen) atoms. The van der Waals surface area contributed by atoms with Crippen molar-refractivity contribution in [2.75, 3.05) is 0 Å². The maximum Gasteiger partial charge on any atom is 0.143 e. The molecule has 0 atom stereocenters. The van der Waals surface area contributed by atoms with E-state index in [1.54, 1.807) is 0 Å². The van der Waals surface area contributed by atoms with Gasteiger partial charge in [0.1, 0.15) is 11.2 Å². The predicted octanol–water partition coefficient (Wildman–Crippen LogP) is 12.0. The molecule has 0 saturated heterocycles. The lowest BCUT2D eigenvalue weighted by molar-refractivity contribution is 0.674. The van der Waals surface area contributed by atoms with Crippen LogP contribution >= 0.6 is 0 Å². The van der Waals surface area contributed by atoms with E-state index in [9.17, 15) is 0 Å². The number of fused-ring (bicyclic) bond motifs is 7. The summed E-state index contributed by atoms with van der Waals surface area (Å²) in [6.07, 6.45) is 0. The minimum Gasteiger partial charge on any atom is -0.455 e. The zero-order chi connectivity index (χ0) is 28.3. The quantitative estimate of drug-likeness (QED) is 0.201. The lowest BCUT2D eigenvalue weighted by atomic mass is 9.85. The fourth-order valence-electron chi connectivity index (χ4n) is 6.94. The SMILES string of the molecule is c1ccc(-c2cccc(-c3c4ccccc4c(-c4cccc5c4oc4c6ccccc6ccc54)c4ccccc34)c2)cc1. The molecule has 0 saturated carbocycles. The molecule has 0 unspecified atom stereocenters. The van der Waals surface area contributed by atoms with Crippen LogP contribution < -0.4 is 0 Å². The first-order valence-corrected chi connectivity index (χ1v) is 14.8. The number of para-hydroxylation sites is 1. The molecular weight excluding hydrogens is 520 g/mol. The standard InChI is InChI=1S/C42H26O/c1-2-12-27(13-3-1)29-15-10-16-30(26-29)39-32-18-6-8-20-34(32)40(35-21-9-7-19-33(35)39)38-23-11-22-36-37-25-24-28-14-4-5-17-31(28)41(37)43-42(36)38/h1-26H. The van der Waals surface area contributed by atoms with Crippen LogP contribution in [0.1, 0.15) is 0 Å². The lowest BCUT2D eigenvalue weighted by Gasteiger charge is -2.18. The van der Waals surface area contributed by atoms with Crippen molar-refractivity contribution in [3.8, 4) is 33.4 Å². The number of hydrogen-bond acceptors (Lipinski definition) is 1. The first kappa shape index (κ1) is 24.0. The van der Waals surface area contributed by atoms with Gasteiger partial charge in [0.15, 0.2) is 0 Å². The van der Waals surface area contributed by atoms with Crippen LogP contribution in [0, 0.1) is 0 Å². The second kappa shape index (κ2) is 9.44. The van der Waals surface area contributed by atoms with Crippen molar-refractivity contribution in [3.05, 3.63) is 158 Å². The van der Waals surface area contributed by atoms with Gasteiger partial charge in [-0.3, -0.25) is 0 Å². The second-order valence-corrected chi connectivity index (χ2v) is 11.2. The van der Waals surface area contributed by atoms with E-state index in [1.165, 1.54) is 54.7 Å². The van der Waals surface area contributed by atoms with Gasteiger partial charge in [0, 0.05) is 27.3 Å². The van der Waals surface area contributed by atoms with Crippen molar-refractivity contribution < 1.29 is 4.42 Å². The Morgan fingerprint density at radius 2 is 0.837 bits per heavy atom. The Morgan fingerprint density at radius 3 is 1.58 bits per heavy atom. The Labute approximate surface area is 249 Å². The maximum absolute atomic E-state index is 6.83. The monoisotopic (exact) mass is 546 g/mol. The van der Waals surface area contributed by atoms with Crippen LogP contribution in [0.15, 0.2) is 162 Å². The summed E-state index contributed by atoms with van der Waals surface area (Å²) in [6.45, 7) is 0. The molecule has 1 heteroatoms. The third-order valence-electron chi connectivity index (χ3n) is 8.85. The first-order chi connectivity index (χ1) is 21.3. The average molecular weight is 547 g/mol. The van der Waals surface area contributed by atoms with Gasteiger partial charge in [0.05, 0.1) is 0 Å². The van der Waals surface area contributed by atoms with Gasteiger partial charge in [0.2, 0.25) is 0 Å². The normalized spacial score (nSPS) is 11.7. The molecular formula is C42H26O. The molecule has 9 rings (SSSR count). The Hall–Kier alpha value is -5.66. The van der Waals surface area contributed by atoms with Crippen LogP contribution in [-0.4, -0.2) is 0 Å². The summed E-state index contributed by atoms with van der Waals surface area (Å²) in [5, 5.41) is 9.54. The van der Waals surface area contributed by atoms with Crippen LogP contribution in [0.5, 0.6) is 0 Å². The van der Waals surface area contributed by atoms with Crippen LogP contribution in [0.3, 0.4) is 0 Å². The van der Waals surface area contributed by atoms with Crippen LogP contribution in [0.25, 0.3) is 87.6 Å². The molecule has 0 spiro atoms. The summed E-state index contributed by atoms with van der Waals surface area (Å²) < 4.78 is 6.83. The van der Waals surface area contributed by atoms with Gasteiger partial charge in [-0.15, -0.1) is 0 Å². The van der Waals surface area contributed by atoms with Crippen LogP contribution in [0.4, 0.5) is 0 Å². The Balaban J connectivity index is 1.38. The minimum absolute atomic E-state index is 0.933. The van der Waals surface area contributed by atoms with Gasteiger partial charge < -0.3 is 4.42 Å². The highest BCUT2D eigenvalue weighted by Gasteiger charge is 2.20. The zero-order valence-electron chi connectivity index (χ0n) is 23.4. The maximum atomic E-state index is 6.83. The molecule has 0 amide bonds. The number of benzene rings is 8. The third-order valence-corrected chi connectivity index (χ3v) is 8.85. The smallest absolute Gasteiger partial charge is 0.143 e. The molecule has 200 valence electrons. The van der Waals surface area contributed by atoms with E-state index >= 15 is 0 Å². The molecule has 0 aliphatic carbocycles. The van der Waals surface area contributed by atoms with E-state index in [-0.39, 0.29) is 0 Å². The highest BCUT2D eigenvalue weighted by atomic mass is 16.3. The minimum atomic E-state index is 0.933. The molecule has 1 aromatic heterocycles. The van der Waals surface area contributed by atoms with Crippen LogP contribution in [0.2, 0.25) is 0 Å². The molecule has 1 heterocycles. The summed E-state index contributed by atoms with van der Waals surface area (Å²) in [5.41, 5.74) is 9.13. The Bertz CT molecular complexity index is 2440. The third kappa shape index (κ3) is 3.65. The number of furan rings is 1. The van der Waals surface area contributed by atoms with Gasteiger partial charge in [-0.2, -0.15) is 0 Å². The summed E-state index contributed by atoms with van der Waals surface area (Å²) in [4.78, 5) is 0. The molecule has 0 aliphatic rings. The summed E-state index contributed by atoms with van der Waals surface area (Å²) in [6, 6.07) is 56.7. The van der Waals surface area contributed by atoms with E-state index in [0.29, 0.717) is 0 Å². The van der Waals surface area contributed by atoms with Gasteiger partial charge >= 0.3 is 0 Å². The van der Waals surface area contributed by atoms with Crippen LogP contribution in [-0.2, 0) is 0 Å². The van der Waals surface area contributed by atoms with E-state index in [1.807, 2.05) is 0 Å². The molecule has 8 aromatic carbocycles. The topological polar surface area (TPSA) is 13.1 Å². The summed E-state index contributed by atoms with van der Waals surface area (Å²) >= 11 is 0. The molecule has 9 aromatic rings. The van der Waals surface area contributed by atoms with E-state index < -0.39 is 0 Å². The van der Waals surface area contributed by atoms with Crippen molar-refractivity contribution in [1.82, 2.24) is 0 Å². The van der Waals surface area contributed by atoms with Crippen molar-refractivity contribution >= 4 is 54.3 Å². The molecule has 0 radical (unpaired) electrons. The Morgan fingerprint density at radius 1 is 0.302 bits per heavy atom. The number of hydrogen-bond donors (Lipinski definition) is 0. The van der Waals surface area contributed by atoms with Gasteiger partial charge in [-0.25, -0.2) is 0 Å². The molecule has 0 aliphatic heterocycles. The number of rotatable bonds is 3. The molecule has 0 fully saturated rings. The fourth-order valence-corrected chi connectivity index (χ4v) is 6.94. The Kier molecular flexibility index (Phi) is 5.27. The van der Waals surface area contributed by atoms with E-state index in [2.05, 4.69) is 158 Å². The molecule has 1 nitrogen and oxygen atoms in total. The van der Waals surface area contributed by atoms with Crippen molar-refractivity contribution in [3.63, 3.8) is 0 Å². The predicted molar refractivity (Wildman–Crippen MR) is 183 cm³/mol. The molecule has 0 N–H and O–H groups in total. The fraction of sp³-hybridized carbons (Fsp3) is 0. The van der Waals surface area contributed by atoms with E-state index in [4.69, 9.17) is 4.42 Å². The summed E-state index contributed by atoms with van der Waals surface area (Å²) in [7, 11) is 0. The van der Waals surface area contributed by atoms with Gasteiger partial charge in [0.25, 0.3) is 0 Å². The van der Waals surface area contributed by atoms with Crippen molar-refractivity contribution in [1.29, 1.82) is 0 Å². The van der Waals surface area contributed by atoms with E-state index in [0.717, 1.165) is 32.9 Å². The molecule has 0 bridgehead atoms. The summed E-state index contributed by atoms with van der Waals surface area (Å²) in [5.74, 6) is 0. The highest BCUT2D eigenvalue weighted by Crippen LogP contribution is 2.47. The van der Waals surface area contributed by atoms with Crippen molar-refractivity contribution in [2.24, 2.45) is 0 Å². The first-order valence-electron chi connectivity index (χ1n) is 14.8. The van der Waals surface area contributed by atoms with Gasteiger partial charge in [-0.05, 0) is 61.3 Å². The highest BCUT2D eigenvalue weighted by molar-refractivity contribution is 6.25. The van der Waals surface area contributed by atoms with Gasteiger partial charge in [-0.1, -0.05) is 146 Å². The second-order valence-electron chi connectivity index (χ2n) is 11.2. The lowest BCUT2D eigenvalue weighted by Crippen LogP contribution is -1.91. The largest absolute Gasteiger partial charge is 0.455 e. The average Bonchev–Trinajstić information content (AvgIpc) is 3.47.